The van der Waals surface area contributed by atoms with Gasteiger partial charge in [0.15, 0.2) is 0 Å². The smallest absolute Gasteiger partial charge is 0.676 e. The van der Waals surface area contributed by atoms with E-state index in [0.29, 0.717) is 0 Å². The molecule has 0 saturated carbocycles. The molecular formula is C2H4Cl2N2Pt. The van der Waals surface area contributed by atoms with Crippen LogP contribution in [0.3, 0.4) is 0 Å². The molecule has 7 heavy (non-hydrogen) atoms. The van der Waals surface area contributed by atoms with E-state index in [1.165, 1.54) is 0 Å². The molecule has 5 heteroatoms. The van der Waals surface area contributed by atoms with E-state index in [-0.39, 0.29) is 27.6 Å². The third-order valence-corrected chi connectivity index (χ3v) is 0.489. The van der Waals surface area contributed by atoms with Crippen molar-refractivity contribution < 1.29 is 21.1 Å². The predicted octanol–water partition coefficient (Wildman–Crippen LogP) is 2.22. The summed E-state index contributed by atoms with van der Waals surface area (Å²) in [5.74, 6) is 0. The Morgan fingerprint density at radius 3 is 1.57 bits per heavy atom. The number of halogens is 2. The maximum atomic E-state index is 6.52. The average Bonchev–Trinajstić information content (AvgIpc) is 1.35. The summed E-state index contributed by atoms with van der Waals surface area (Å²) in [5.41, 5.74) is 12.9. The molecule has 0 heterocycles. The van der Waals surface area contributed by atoms with Crippen LogP contribution >= 0.6 is 23.2 Å². The van der Waals surface area contributed by atoms with Crippen molar-refractivity contribution in [2.24, 2.45) is 0 Å². The summed E-state index contributed by atoms with van der Waals surface area (Å²) in [7, 11) is 0. The standard InChI is InChI=1S/C2H4Cl2N2.Pt/c3-2(4,6)1-5;/h5-6H,1H2;/q-2;+2. The van der Waals surface area contributed by atoms with Gasteiger partial charge in [-0.05, 0) is 0 Å². The monoisotopic (exact) mass is 321 g/mol. The largest absolute Gasteiger partial charge is 2.00 e. The molecule has 0 radical (unpaired) electrons. The molecule has 0 aromatic rings. The Bertz CT molecular complexity index is 43.4. The first-order valence-electron chi connectivity index (χ1n) is 1.34. The van der Waals surface area contributed by atoms with Gasteiger partial charge in [-0.25, -0.2) is 0 Å². The number of hydrogen-bond acceptors (Lipinski definition) is 0. The van der Waals surface area contributed by atoms with Gasteiger partial charge in [0.25, 0.3) is 0 Å². The second-order valence-electron chi connectivity index (χ2n) is 0.881. The minimum absolute atomic E-state index is 0. The number of hydrogen-bond donors (Lipinski definition) is 0. The van der Waals surface area contributed by atoms with Gasteiger partial charge in [-0.1, -0.05) is 0 Å². The zero-order valence-corrected chi connectivity index (χ0v) is 7.06. The molecule has 0 atom stereocenters. The van der Waals surface area contributed by atoms with Crippen LogP contribution < -0.4 is 0 Å². The molecule has 0 saturated heterocycles. The zero-order chi connectivity index (χ0) is 5.21. The van der Waals surface area contributed by atoms with Crippen LogP contribution in [0.2, 0.25) is 0 Å². The normalized spacial score (nSPS) is 10.3. The van der Waals surface area contributed by atoms with Crippen LogP contribution in [0.25, 0.3) is 11.5 Å². The van der Waals surface area contributed by atoms with Crippen molar-refractivity contribution in [3.8, 4) is 0 Å². The van der Waals surface area contributed by atoms with Crippen LogP contribution in [0.15, 0.2) is 0 Å². The molecule has 0 rings (SSSR count). The third kappa shape index (κ3) is 11.0. The molecule has 46 valence electrons. The average molecular weight is 322 g/mol. The fourth-order valence-electron chi connectivity index (χ4n) is 0. The topological polar surface area (TPSA) is 47.6 Å². The fraction of sp³-hybridized carbons (Fsp3) is 1.00. The van der Waals surface area contributed by atoms with E-state index in [4.69, 9.17) is 34.7 Å². The van der Waals surface area contributed by atoms with E-state index in [1.807, 2.05) is 0 Å². The summed E-state index contributed by atoms with van der Waals surface area (Å²) in [6.45, 7) is -0.282. The van der Waals surface area contributed by atoms with Crippen LogP contribution in [0.1, 0.15) is 0 Å². The molecule has 0 aliphatic heterocycles. The first-order valence-corrected chi connectivity index (χ1v) is 2.09. The number of nitrogens with one attached hydrogen (secondary N) is 2. The van der Waals surface area contributed by atoms with Gasteiger partial charge >= 0.3 is 21.1 Å². The third-order valence-electron chi connectivity index (χ3n) is 0.222. The van der Waals surface area contributed by atoms with Crippen LogP contribution in [0, 0.1) is 0 Å². The minimum Gasteiger partial charge on any atom is -0.676 e. The van der Waals surface area contributed by atoms with Crippen molar-refractivity contribution in [3.05, 3.63) is 11.5 Å². The molecule has 0 fully saturated rings. The van der Waals surface area contributed by atoms with E-state index in [9.17, 15) is 0 Å². The van der Waals surface area contributed by atoms with Crippen molar-refractivity contribution >= 4 is 23.2 Å². The predicted molar refractivity (Wildman–Crippen MR) is 27.9 cm³/mol. The van der Waals surface area contributed by atoms with Crippen molar-refractivity contribution in [2.45, 2.75) is 4.46 Å². The molecule has 0 aromatic carbocycles. The first kappa shape index (κ1) is 11.0. The molecule has 0 aromatic heterocycles. The fourth-order valence-corrected chi connectivity index (χ4v) is 0. The van der Waals surface area contributed by atoms with E-state index in [1.54, 1.807) is 0 Å². The molecule has 0 aliphatic carbocycles. The summed E-state index contributed by atoms with van der Waals surface area (Å²) in [6, 6.07) is 0. The maximum Gasteiger partial charge on any atom is 2.00 e. The summed E-state index contributed by atoms with van der Waals surface area (Å²) < 4.78 is -1.60. The van der Waals surface area contributed by atoms with Crippen LogP contribution in [0.4, 0.5) is 0 Å². The van der Waals surface area contributed by atoms with E-state index < -0.39 is 4.46 Å². The van der Waals surface area contributed by atoms with Crippen molar-refractivity contribution in [3.63, 3.8) is 0 Å². The SMILES string of the molecule is [NH-]CC([NH-])(Cl)Cl.[Pt+2]. The molecule has 0 unspecified atom stereocenters. The van der Waals surface area contributed by atoms with Crippen LogP contribution in [-0.4, -0.2) is 11.0 Å². The maximum absolute atomic E-state index is 6.52. The van der Waals surface area contributed by atoms with Gasteiger partial charge in [-0.15, -0.1) is 29.7 Å². The zero-order valence-electron chi connectivity index (χ0n) is 3.28. The molecule has 0 spiro atoms. The molecular weight excluding hydrogens is 318 g/mol. The van der Waals surface area contributed by atoms with E-state index >= 15 is 0 Å². The van der Waals surface area contributed by atoms with Crippen LogP contribution in [0.5, 0.6) is 0 Å². The Kier molecular flexibility index (Phi) is 6.48. The van der Waals surface area contributed by atoms with Gasteiger partial charge in [0.2, 0.25) is 0 Å². The molecule has 0 amide bonds. The van der Waals surface area contributed by atoms with Crippen molar-refractivity contribution in [2.75, 3.05) is 6.54 Å². The van der Waals surface area contributed by atoms with Crippen LogP contribution in [-0.2, 0) is 21.1 Å². The van der Waals surface area contributed by atoms with Crippen molar-refractivity contribution in [1.82, 2.24) is 0 Å². The molecule has 2 N–H and O–H groups in total. The minimum atomic E-state index is -1.60. The summed E-state index contributed by atoms with van der Waals surface area (Å²) in [6.07, 6.45) is 0. The first-order chi connectivity index (χ1) is 2.56. The Morgan fingerprint density at radius 1 is 1.43 bits per heavy atom. The Balaban J connectivity index is 0. The summed E-state index contributed by atoms with van der Waals surface area (Å²) in [4.78, 5) is 0. The summed E-state index contributed by atoms with van der Waals surface area (Å²) >= 11 is 9.92. The Hall–Kier alpha value is 1.19. The molecule has 0 bridgehead atoms. The second kappa shape index (κ2) is 4.11. The van der Waals surface area contributed by atoms with Gasteiger partial charge in [-0.3, -0.25) is 0 Å². The Morgan fingerprint density at radius 2 is 1.57 bits per heavy atom. The molecule has 2 nitrogen and oxygen atoms in total. The summed E-state index contributed by atoms with van der Waals surface area (Å²) in [5, 5.41) is 0. The van der Waals surface area contributed by atoms with Crippen molar-refractivity contribution in [1.29, 1.82) is 0 Å². The van der Waals surface area contributed by atoms with Gasteiger partial charge in [-0.2, -0.15) is 0 Å². The van der Waals surface area contributed by atoms with E-state index in [0.717, 1.165) is 0 Å². The Labute approximate surface area is 66.8 Å². The quantitative estimate of drug-likeness (QED) is 0.525. The van der Waals surface area contributed by atoms with Gasteiger partial charge in [0.1, 0.15) is 0 Å². The van der Waals surface area contributed by atoms with E-state index in [2.05, 4.69) is 0 Å². The van der Waals surface area contributed by atoms with Gasteiger partial charge in [0.05, 0.1) is 0 Å². The second-order valence-corrected chi connectivity index (χ2v) is 2.37. The number of rotatable bonds is 1. The van der Waals surface area contributed by atoms with Gasteiger partial charge in [0, 0.05) is 4.46 Å². The number of alkyl halides is 2. The van der Waals surface area contributed by atoms with Gasteiger partial charge < -0.3 is 11.5 Å². The molecule has 0 aliphatic rings.